The number of aromatic amines is 1. The van der Waals surface area contributed by atoms with Crippen molar-refractivity contribution >= 4 is 22.8 Å². The molecule has 86 valence electrons. The Hall–Kier alpha value is -2.10. The normalized spacial score (nSPS) is 17.4. The zero-order chi connectivity index (χ0) is 11.8. The molecule has 1 aliphatic heterocycles. The Morgan fingerprint density at radius 2 is 1.88 bits per heavy atom. The fourth-order valence-electron chi connectivity index (χ4n) is 2.25. The highest BCUT2D eigenvalue weighted by atomic mass is 16.6. The van der Waals surface area contributed by atoms with Gasteiger partial charge in [-0.05, 0) is 29.1 Å². The number of carbonyl (C=O) groups excluding carboxylic acids is 2. The average molecular weight is 229 g/mol. The van der Waals surface area contributed by atoms with Crippen molar-refractivity contribution in [1.29, 1.82) is 0 Å². The van der Waals surface area contributed by atoms with Crippen LogP contribution in [0.3, 0.4) is 0 Å². The molecule has 0 spiro atoms. The summed E-state index contributed by atoms with van der Waals surface area (Å²) in [6.07, 6.45) is 2.43. The molecule has 4 heteroatoms. The Labute approximate surface area is 97.6 Å². The number of cyclic esters (lactones) is 2. The Morgan fingerprint density at radius 3 is 2.65 bits per heavy atom. The van der Waals surface area contributed by atoms with Crippen LogP contribution >= 0.6 is 0 Å². The zero-order valence-corrected chi connectivity index (χ0v) is 9.10. The third-order valence-electron chi connectivity index (χ3n) is 3.10. The molecule has 1 N–H and O–H groups in total. The van der Waals surface area contributed by atoms with E-state index >= 15 is 0 Å². The van der Waals surface area contributed by atoms with Gasteiger partial charge in [-0.25, -0.2) is 0 Å². The van der Waals surface area contributed by atoms with Crippen LogP contribution in [0, 0.1) is 0 Å². The summed E-state index contributed by atoms with van der Waals surface area (Å²) in [4.78, 5) is 25.6. The van der Waals surface area contributed by atoms with E-state index in [0.717, 1.165) is 16.5 Å². The third kappa shape index (κ3) is 1.82. The van der Waals surface area contributed by atoms with Crippen LogP contribution in [-0.2, 0) is 14.3 Å². The minimum Gasteiger partial charge on any atom is -0.393 e. The number of rotatable bonds is 1. The van der Waals surface area contributed by atoms with E-state index in [-0.39, 0.29) is 18.8 Å². The SMILES string of the molecule is O=C1CC(c2ccc3[nH]ccc3c2)CC(=O)O1. The molecule has 17 heavy (non-hydrogen) atoms. The second kappa shape index (κ2) is 3.73. The summed E-state index contributed by atoms with van der Waals surface area (Å²) in [6, 6.07) is 7.91. The van der Waals surface area contributed by atoms with Crippen molar-refractivity contribution in [2.45, 2.75) is 18.8 Å². The second-order valence-electron chi connectivity index (χ2n) is 4.28. The highest BCUT2D eigenvalue weighted by molar-refractivity contribution is 5.90. The molecule has 1 fully saturated rings. The van der Waals surface area contributed by atoms with Gasteiger partial charge in [0.15, 0.2) is 0 Å². The van der Waals surface area contributed by atoms with E-state index in [1.54, 1.807) is 0 Å². The van der Waals surface area contributed by atoms with E-state index in [2.05, 4.69) is 9.72 Å². The first kappa shape index (κ1) is 10.1. The molecule has 0 radical (unpaired) electrons. The third-order valence-corrected chi connectivity index (χ3v) is 3.10. The zero-order valence-electron chi connectivity index (χ0n) is 9.10. The standard InChI is InChI=1S/C13H11NO3/c15-12-6-10(7-13(16)17-12)8-1-2-11-9(5-8)3-4-14-11/h1-5,10,14H,6-7H2. The van der Waals surface area contributed by atoms with Crippen LogP contribution in [0.1, 0.15) is 24.3 Å². The maximum Gasteiger partial charge on any atom is 0.314 e. The number of nitrogens with one attached hydrogen (secondary N) is 1. The van der Waals surface area contributed by atoms with Crippen LogP contribution in [0.4, 0.5) is 0 Å². The molecule has 1 saturated heterocycles. The van der Waals surface area contributed by atoms with E-state index in [9.17, 15) is 9.59 Å². The number of hydrogen-bond acceptors (Lipinski definition) is 3. The second-order valence-corrected chi connectivity index (χ2v) is 4.28. The van der Waals surface area contributed by atoms with Crippen molar-refractivity contribution in [3.8, 4) is 0 Å². The molecule has 2 heterocycles. The molecule has 3 rings (SSSR count). The summed E-state index contributed by atoms with van der Waals surface area (Å²) < 4.78 is 4.53. The first-order valence-electron chi connectivity index (χ1n) is 5.53. The van der Waals surface area contributed by atoms with Crippen LogP contribution in [0.2, 0.25) is 0 Å². The largest absolute Gasteiger partial charge is 0.393 e. The van der Waals surface area contributed by atoms with Gasteiger partial charge < -0.3 is 9.72 Å². The molecule has 0 unspecified atom stereocenters. The summed E-state index contributed by atoms with van der Waals surface area (Å²) in [5, 5.41) is 1.09. The van der Waals surface area contributed by atoms with Crippen molar-refractivity contribution in [3.63, 3.8) is 0 Å². The minimum atomic E-state index is -0.430. The maximum absolute atomic E-state index is 11.2. The van der Waals surface area contributed by atoms with Gasteiger partial charge in [-0.2, -0.15) is 0 Å². The van der Waals surface area contributed by atoms with Gasteiger partial charge >= 0.3 is 11.9 Å². The summed E-state index contributed by atoms with van der Waals surface area (Å²) in [5.74, 6) is -0.913. The molecular weight excluding hydrogens is 218 g/mol. The number of esters is 2. The number of benzene rings is 1. The Kier molecular flexibility index (Phi) is 2.21. The van der Waals surface area contributed by atoms with E-state index in [1.807, 2.05) is 30.5 Å². The molecule has 1 aromatic carbocycles. The van der Waals surface area contributed by atoms with E-state index in [4.69, 9.17) is 0 Å². The monoisotopic (exact) mass is 229 g/mol. The number of H-pyrrole nitrogens is 1. The average Bonchev–Trinajstić information content (AvgIpc) is 2.74. The lowest BCUT2D eigenvalue weighted by Crippen LogP contribution is -2.24. The lowest BCUT2D eigenvalue weighted by atomic mass is 9.90. The number of aromatic nitrogens is 1. The van der Waals surface area contributed by atoms with Gasteiger partial charge in [0.2, 0.25) is 0 Å². The smallest absolute Gasteiger partial charge is 0.314 e. The van der Waals surface area contributed by atoms with Crippen molar-refractivity contribution in [2.24, 2.45) is 0 Å². The first-order chi connectivity index (χ1) is 8.22. The van der Waals surface area contributed by atoms with Gasteiger partial charge in [-0.1, -0.05) is 6.07 Å². The lowest BCUT2D eigenvalue weighted by molar-refractivity contribution is -0.163. The van der Waals surface area contributed by atoms with Gasteiger partial charge in [0.25, 0.3) is 0 Å². The van der Waals surface area contributed by atoms with Crippen molar-refractivity contribution < 1.29 is 14.3 Å². The van der Waals surface area contributed by atoms with E-state index < -0.39 is 11.9 Å². The molecule has 0 bridgehead atoms. The maximum atomic E-state index is 11.2. The molecular formula is C13H11NO3. The van der Waals surface area contributed by atoms with E-state index in [1.165, 1.54) is 0 Å². The van der Waals surface area contributed by atoms with Gasteiger partial charge in [-0.3, -0.25) is 9.59 Å². The van der Waals surface area contributed by atoms with Crippen molar-refractivity contribution in [3.05, 3.63) is 36.0 Å². The van der Waals surface area contributed by atoms with Crippen LogP contribution < -0.4 is 0 Å². The Bertz CT molecular complexity index is 583. The topological polar surface area (TPSA) is 59.2 Å². The Morgan fingerprint density at radius 1 is 1.12 bits per heavy atom. The van der Waals surface area contributed by atoms with Gasteiger partial charge in [0.1, 0.15) is 0 Å². The van der Waals surface area contributed by atoms with Crippen LogP contribution in [0.25, 0.3) is 10.9 Å². The predicted molar refractivity (Wildman–Crippen MR) is 61.4 cm³/mol. The highest BCUT2D eigenvalue weighted by Crippen LogP contribution is 2.30. The molecule has 1 aromatic heterocycles. The molecule has 2 aromatic rings. The number of carbonyl (C=O) groups is 2. The number of ether oxygens (including phenoxy) is 1. The van der Waals surface area contributed by atoms with Gasteiger partial charge in [0, 0.05) is 17.6 Å². The molecule has 0 saturated carbocycles. The molecule has 0 atom stereocenters. The predicted octanol–water partition coefficient (Wildman–Crippen LogP) is 2.12. The fraction of sp³-hybridized carbons (Fsp3) is 0.231. The first-order valence-corrected chi connectivity index (χ1v) is 5.53. The van der Waals surface area contributed by atoms with Crippen molar-refractivity contribution in [2.75, 3.05) is 0 Å². The summed E-state index contributed by atoms with van der Waals surface area (Å²) in [7, 11) is 0. The lowest BCUT2D eigenvalue weighted by Gasteiger charge is -2.20. The summed E-state index contributed by atoms with van der Waals surface area (Å²) in [6.45, 7) is 0. The number of fused-ring (bicyclic) bond motifs is 1. The quantitative estimate of drug-likeness (QED) is 0.601. The van der Waals surface area contributed by atoms with Crippen molar-refractivity contribution in [1.82, 2.24) is 4.98 Å². The summed E-state index contributed by atoms with van der Waals surface area (Å²) in [5.41, 5.74) is 2.07. The van der Waals surface area contributed by atoms with Gasteiger partial charge in [-0.15, -0.1) is 0 Å². The van der Waals surface area contributed by atoms with Crippen LogP contribution in [-0.4, -0.2) is 16.9 Å². The van der Waals surface area contributed by atoms with Crippen LogP contribution in [0.5, 0.6) is 0 Å². The molecule has 0 amide bonds. The van der Waals surface area contributed by atoms with Crippen LogP contribution in [0.15, 0.2) is 30.5 Å². The summed E-state index contributed by atoms with van der Waals surface area (Å²) >= 11 is 0. The molecule has 0 aliphatic carbocycles. The number of hydrogen-bond donors (Lipinski definition) is 1. The fourth-order valence-corrected chi connectivity index (χ4v) is 2.25. The molecule has 4 nitrogen and oxygen atoms in total. The molecule has 1 aliphatic rings. The minimum absolute atomic E-state index is 0.0527. The Balaban J connectivity index is 1.96. The van der Waals surface area contributed by atoms with E-state index in [0.29, 0.717) is 0 Å². The highest BCUT2D eigenvalue weighted by Gasteiger charge is 2.28. The van der Waals surface area contributed by atoms with Gasteiger partial charge in [0.05, 0.1) is 12.8 Å².